The first kappa shape index (κ1) is 14.6. The first-order valence-corrected chi connectivity index (χ1v) is 7.10. The molecular formula is C13H21N5O2. The smallest absolute Gasteiger partial charge is 0.305 e. The largest absolute Gasteiger partial charge is 0.338 e. The summed E-state index contributed by atoms with van der Waals surface area (Å²) in [6, 6.07) is 0.334. The average molecular weight is 279 g/mol. The number of nitrogens with zero attached hydrogens (tertiary/aromatic N) is 4. The Morgan fingerprint density at radius 1 is 1.40 bits per heavy atom. The lowest BCUT2D eigenvalue weighted by Crippen LogP contribution is -2.46. The number of nitro groups is 1. The van der Waals surface area contributed by atoms with Crippen molar-refractivity contribution < 1.29 is 4.92 Å². The predicted octanol–water partition coefficient (Wildman–Crippen LogP) is 1.73. The van der Waals surface area contributed by atoms with Crippen molar-refractivity contribution >= 4 is 11.6 Å². The van der Waals surface area contributed by atoms with Gasteiger partial charge >= 0.3 is 5.69 Å². The molecule has 1 heterocycles. The summed E-state index contributed by atoms with van der Waals surface area (Å²) < 4.78 is 0. The van der Waals surface area contributed by atoms with Crippen molar-refractivity contribution in [3.63, 3.8) is 0 Å². The molecule has 1 aliphatic carbocycles. The molecule has 110 valence electrons. The molecule has 0 aromatic carbocycles. The second-order valence-electron chi connectivity index (χ2n) is 5.13. The lowest BCUT2D eigenvalue weighted by Gasteiger charge is -2.39. The minimum atomic E-state index is -0.483. The molecule has 0 saturated heterocycles. The van der Waals surface area contributed by atoms with Gasteiger partial charge < -0.3 is 10.6 Å². The summed E-state index contributed by atoms with van der Waals surface area (Å²) in [6.07, 6.45) is 7.15. The van der Waals surface area contributed by atoms with Crippen molar-refractivity contribution in [3.05, 3.63) is 22.5 Å². The molecule has 2 atom stereocenters. The van der Waals surface area contributed by atoms with Gasteiger partial charge in [0.15, 0.2) is 0 Å². The molecular weight excluding hydrogens is 258 g/mol. The minimum Gasteiger partial charge on any atom is -0.338 e. The van der Waals surface area contributed by atoms with E-state index in [1.54, 1.807) is 0 Å². The Hall–Kier alpha value is -1.76. The molecule has 1 aromatic heterocycles. The lowest BCUT2D eigenvalue weighted by atomic mass is 9.83. The molecule has 0 bridgehead atoms. The highest BCUT2D eigenvalue weighted by molar-refractivity contribution is 5.35. The van der Waals surface area contributed by atoms with Crippen LogP contribution in [-0.4, -0.2) is 34.0 Å². The van der Waals surface area contributed by atoms with Gasteiger partial charge in [0.1, 0.15) is 12.4 Å². The van der Waals surface area contributed by atoms with Gasteiger partial charge in [0.25, 0.3) is 0 Å². The van der Waals surface area contributed by atoms with Crippen LogP contribution >= 0.6 is 0 Å². The highest BCUT2D eigenvalue weighted by Gasteiger charge is 2.30. The standard InChI is InChI=1S/C13H21N5O2/c1-2-17(12-6-4-3-5-10(12)7-14)13-15-8-11(9-16-13)18(19)20/h8-10,12H,2-7,14H2,1H3. The summed E-state index contributed by atoms with van der Waals surface area (Å²) in [5.41, 5.74) is 5.79. The zero-order valence-electron chi connectivity index (χ0n) is 11.7. The van der Waals surface area contributed by atoms with Gasteiger partial charge in [-0.15, -0.1) is 0 Å². The highest BCUT2D eigenvalue weighted by Crippen LogP contribution is 2.29. The molecule has 0 spiro atoms. The van der Waals surface area contributed by atoms with E-state index in [0.717, 1.165) is 19.4 Å². The molecule has 1 aliphatic rings. The third-order valence-electron chi connectivity index (χ3n) is 4.01. The predicted molar refractivity (Wildman–Crippen MR) is 76.5 cm³/mol. The van der Waals surface area contributed by atoms with E-state index in [2.05, 4.69) is 14.9 Å². The van der Waals surface area contributed by atoms with Gasteiger partial charge in [-0.3, -0.25) is 10.1 Å². The van der Waals surface area contributed by atoms with Gasteiger partial charge in [-0.1, -0.05) is 12.8 Å². The van der Waals surface area contributed by atoms with Gasteiger partial charge in [0.05, 0.1) is 4.92 Å². The Bertz CT molecular complexity index is 451. The van der Waals surface area contributed by atoms with E-state index < -0.39 is 4.92 Å². The monoisotopic (exact) mass is 279 g/mol. The second kappa shape index (κ2) is 6.60. The molecule has 2 N–H and O–H groups in total. The number of aromatic nitrogens is 2. The summed E-state index contributed by atoms with van der Waals surface area (Å²) in [7, 11) is 0. The Balaban J connectivity index is 2.19. The van der Waals surface area contributed by atoms with Crippen LogP contribution in [0, 0.1) is 16.0 Å². The first-order chi connectivity index (χ1) is 9.67. The Morgan fingerprint density at radius 2 is 2.05 bits per heavy atom. The van der Waals surface area contributed by atoms with Crippen molar-refractivity contribution in [2.45, 2.75) is 38.6 Å². The molecule has 2 rings (SSSR count). The van der Waals surface area contributed by atoms with Crippen LogP contribution < -0.4 is 10.6 Å². The number of nitrogens with two attached hydrogens (primary N) is 1. The van der Waals surface area contributed by atoms with Crippen molar-refractivity contribution in [1.82, 2.24) is 9.97 Å². The van der Waals surface area contributed by atoms with Gasteiger partial charge in [0, 0.05) is 12.6 Å². The van der Waals surface area contributed by atoms with Crippen molar-refractivity contribution in [3.8, 4) is 0 Å². The molecule has 2 unspecified atom stereocenters. The van der Waals surface area contributed by atoms with E-state index in [4.69, 9.17) is 5.73 Å². The molecule has 0 aliphatic heterocycles. The third kappa shape index (κ3) is 3.04. The number of anilines is 1. The van der Waals surface area contributed by atoms with E-state index in [1.165, 1.54) is 25.2 Å². The maximum Gasteiger partial charge on any atom is 0.305 e. The molecule has 1 saturated carbocycles. The van der Waals surface area contributed by atoms with E-state index in [1.807, 2.05) is 6.92 Å². The van der Waals surface area contributed by atoms with E-state index in [0.29, 0.717) is 24.5 Å². The quantitative estimate of drug-likeness (QED) is 0.651. The summed E-state index contributed by atoms with van der Waals surface area (Å²) in [5, 5.41) is 10.6. The summed E-state index contributed by atoms with van der Waals surface area (Å²) in [4.78, 5) is 20.6. The molecule has 1 fully saturated rings. The van der Waals surface area contributed by atoms with Crippen LogP contribution in [0.2, 0.25) is 0 Å². The Morgan fingerprint density at radius 3 is 2.60 bits per heavy atom. The van der Waals surface area contributed by atoms with Gasteiger partial charge in [-0.2, -0.15) is 0 Å². The van der Waals surface area contributed by atoms with Crippen LogP contribution in [0.5, 0.6) is 0 Å². The Labute approximate surface area is 118 Å². The van der Waals surface area contributed by atoms with Crippen molar-refractivity contribution in [2.24, 2.45) is 11.7 Å². The number of hydrogen-bond donors (Lipinski definition) is 1. The molecule has 7 heteroatoms. The van der Waals surface area contributed by atoms with E-state index >= 15 is 0 Å². The highest BCUT2D eigenvalue weighted by atomic mass is 16.6. The molecule has 0 radical (unpaired) electrons. The molecule has 20 heavy (non-hydrogen) atoms. The lowest BCUT2D eigenvalue weighted by molar-refractivity contribution is -0.385. The van der Waals surface area contributed by atoms with E-state index in [-0.39, 0.29) is 5.69 Å². The minimum absolute atomic E-state index is 0.0798. The fraction of sp³-hybridized carbons (Fsp3) is 0.692. The molecule has 0 amide bonds. The number of rotatable bonds is 5. The number of hydrogen-bond acceptors (Lipinski definition) is 6. The second-order valence-corrected chi connectivity index (χ2v) is 5.13. The zero-order chi connectivity index (χ0) is 14.5. The summed E-state index contributed by atoms with van der Waals surface area (Å²) >= 11 is 0. The SMILES string of the molecule is CCN(c1ncc([N+](=O)[O-])cn1)C1CCCCC1CN. The average Bonchev–Trinajstić information content (AvgIpc) is 2.49. The summed E-state index contributed by atoms with van der Waals surface area (Å²) in [5.74, 6) is 1.01. The van der Waals surface area contributed by atoms with Gasteiger partial charge in [0.2, 0.25) is 5.95 Å². The Kier molecular flexibility index (Phi) is 4.84. The summed E-state index contributed by atoms with van der Waals surface area (Å²) in [6.45, 7) is 3.49. The van der Waals surface area contributed by atoms with Gasteiger partial charge in [-0.05, 0) is 32.2 Å². The van der Waals surface area contributed by atoms with Crippen molar-refractivity contribution in [2.75, 3.05) is 18.0 Å². The van der Waals surface area contributed by atoms with Gasteiger partial charge in [-0.25, -0.2) is 9.97 Å². The third-order valence-corrected chi connectivity index (χ3v) is 4.01. The normalized spacial score (nSPS) is 22.5. The fourth-order valence-corrected chi connectivity index (χ4v) is 2.95. The maximum absolute atomic E-state index is 10.6. The maximum atomic E-state index is 10.6. The molecule has 1 aromatic rings. The van der Waals surface area contributed by atoms with Crippen LogP contribution in [0.4, 0.5) is 11.6 Å². The van der Waals surface area contributed by atoms with Crippen LogP contribution in [0.1, 0.15) is 32.6 Å². The van der Waals surface area contributed by atoms with Crippen LogP contribution in [0.15, 0.2) is 12.4 Å². The van der Waals surface area contributed by atoms with E-state index in [9.17, 15) is 10.1 Å². The van der Waals surface area contributed by atoms with Crippen molar-refractivity contribution in [1.29, 1.82) is 0 Å². The first-order valence-electron chi connectivity index (χ1n) is 7.10. The fourth-order valence-electron chi connectivity index (χ4n) is 2.95. The van der Waals surface area contributed by atoms with Crippen LogP contribution in [0.3, 0.4) is 0 Å². The topological polar surface area (TPSA) is 98.2 Å². The zero-order valence-corrected chi connectivity index (χ0v) is 11.7. The van der Waals surface area contributed by atoms with Crippen LogP contribution in [0.25, 0.3) is 0 Å². The molecule has 7 nitrogen and oxygen atoms in total. The van der Waals surface area contributed by atoms with Crippen LogP contribution in [-0.2, 0) is 0 Å².